The van der Waals surface area contributed by atoms with Gasteiger partial charge in [-0.3, -0.25) is 14.4 Å². The molecule has 0 radical (unpaired) electrons. The average molecular weight is 897 g/mol. The van der Waals surface area contributed by atoms with Gasteiger partial charge in [0.2, 0.25) is 0 Å². The van der Waals surface area contributed by atoms with Crippen LogP contribution in [0.3, 0.4) is 0 Å². The van der Waals surface area contributed by atoms with Gasteiger partial charge in [0.05, 0.1) is 0 Å². The molecular weight excluding hydrogens is 793 g/mol. The normalized spacial score (nSPS) is 12.4. The van der Waals surface area contributed by atoms with Gasteiger partial charge in [-0.1, -0.05) is 230 Å². The molecule has 1 unspecified atom stereocenters. The summed E-state index contributed by atoms with van der Waals surface area (Å²) in [7, 11) is 0. The van der Waals surface area contributed by atoms with E-state index in [0.29, 0.717) is 19.3 Å². The van der Waals surface area contributed by atoms with Gasteiger partial charge in [-0.2, -0.15) is 0 Å². The topological polar surface area (TPSA) is 78.9 Å². The lowest BCUT2D eigenvalue weighted by Crippen LogP contribution is -2.30. The molecular formula is C58H104O6. The Labute approximate surface area is 397 Å². The van der Waals surface area contributed by atoms with Crippen molar-refractivity contribution in [2.45, 2.75) is 290 Å². The van der Waals surface area contributed by atoms with Crippen LogP contribution in [-0.2, 0) is 28.6 Å². The first kappa shape index (κ1) is 61.4. The van der Waals surface area contributed by atoms with E-state index >= 15 is 0 Å². The van der Waals surface area contributed by atoms with Crippen molar-refractivity contribution < 1.29 is 28.6 Å². The minimum absolute atomic E-state index is 0.0808. The number of ether oxygens (including phenoxy) is 3. The molecule has 0 aromatic carbocycles. The molecule has 372 valence electrons. The molecule has 0 bridgehead atoms. The second-order valence-electron chi connectivity index (χ2n) is 18.5. The first-order valence-corrected chi connectivity index (χ1v) is 27.6. The number of allylic oxidation sites excluding steroid dienone is 8. The third-order valence-corrected chi connectivity index (χ3v) is 12.1. The minimum atomic E-state index is -0.784. The first-order valence-electron chi connectivity index (χ1n) is 27.6. The maximum absolute atomic E-state index is 12.8. The Morgan fingerprint density at radius 2 is 0.562 bits per heavy atom. The highest BCUT2D eigenvalue weighted by Crippen LogP contribution is 2.15. The summed E-state index contributed by atoms with van der Waals surface area (Å²) in [5, 5.41) is 0. The second kappa shape index (κ2) is 53.0. The molecule has 1 atom stereocenters. The third-order valence-electron chi connectivity index (χ3n) is 12.1. The Balaban J connectivity index is 4.40. The molecule has 0 saturated heterocycles. The van der Waals surface area contributed by atoms with Crippen LogP contribution in [0.1, 0.15) is 284 Å². The van der Waals surface area contributed by atoms with Gasteiger partial charge in [0.15, 0.2) is 6.10 Å². The van der Waals surface area contributed by atoms with Gasteiger partial charge in [0.1, 0.15) is 13.2 Å². The van der Waals surface area contributed by atoms with Crippen LogP contribution in [0, 0.1) is 0 Å². The lowest BCUT2D eigenvalue weighted by atomic mass is 10.0. The molecule has 0 saturated carbocycles. The van der Waals surface area contributed by atoms with E-state index in [1.54, 1.807) is 0 Å². The molecule has 0 amide bonds. The van der Waals surface area contributed by atoms with E-state index in [9.17, 15) is 14.4 Å². The summed E-state index contributed by atoms with van der Waals surface area (Å²) in [5.74, 6) is -0.897. The van der Waals surface area contributed by atoms with Gasteiger partial charge in [-0.05, 0) is 83.5 Å². The fourth-order valence-corrected chi connectivity index (χ4v) is 7.86. The Kier molecular flexibility index (Phi) is 50.8. The number of esters is 3. The van der Waals surface area contributed by atoms with Crippen molar-refractivity contribution in [2.75, 3.05) is 13.2 Å². The first-order chi connectivity index (χ1) is 31.5. The molecule has 6 nitrogen and oxygen atoms in total. The summed E-state index contributed by atoms with van der Waals surface area (Å²) in [5.41, 5.74) is 0. The zero-order valence-corrected chi connectivity index (χ0v) is 42.6. The smallest absolute Gasteiger partial charge is 0.306 e. The summed E-state index contributed by atoms with van der Waals surface area (Å²) in [6, 6.07) is 0. The van der Waals surface area contributed by atoms with E-state index < -0.39 is 6.10 Å². The molecule has 0 N–H and O–H groups in total. The lowest BCUT2D eigenvalue weighted by molar-refractivity contribution is -0.167. The summed E-state index contributed by atoms with van der Waals surface area (Å²) in [6.07, 6.45) is 63.7. The van der Waals surface area contributed by atoms with Crippen molar-refractivity contribution in [3.63, 3.8) is 0 Å². The highest BCUT2D eigenvalue weighted by molar-refractivity contribution is 5.71. The monoisotopic (exact) mass is 897 g/mol. The van der Waals surface area contributed by atoms with Crippen LogP contribution in [0.25, 0.3) is 0 Å². The Morgan fingerprint density at radius 3 is 0.906 bits per heavy atom. The van der Waals surface area contributed by atoms with E-state index in [2.05, 4.69) is 69.4 Å². The van der Waals surface area contributed by atoms with Crippen molar-refractivity contribution in [3.05, 3.63) is 48.6 Å². The van der Waals surface area contributed by atoms with E-state index in [4.69, 9.17) is 14.2 Å². The molecule has 0 heterocycles. The van der Waals surface area contributed by atoms with Crippen LogP contribution >= 0.6 is 0 Å². The number of carbonyl (C=O) groups excluding carboxylic acids is 3. The summed E-state index contributed by atoms with van der Waals surface area (Å²) in [4.78, 5) is 38.1. The van der Waals surface area contributed by atoms with Gasteiger partial charge in [0, 0.05) is 19.3 Å². The van der Waals surface area contributed by atoms with E-state index in [-0.39, 0.29) is 31.1 Å². The predicted octanol–water partition coefficient (Wildman–Crippen LogP) is 18.3. The molecule has 0 spiro atoms. The standard InChI is InChI=1S/C58H104O6/c1-4-7-10-13-16-19-22-25-28-31-33-36-39-42-45-48-51-57(60)63-54-55(64-58(61)52-49-46-43-40-37-34-30-27-24-21-18-15-12-9-6-3)53-62-56(59)50-47-44-41-38-35-32-29-26-23-20-17-14-11-8-5-2/h18-19,21-22,27-28,30-31,55H,4-17,20,23-26,29,32-54H2,1-3H3/b21-18-,22-19-,30-27-,31-28-. The second-order valence-corrected chi connectivity index (χ2v) is 18.5. The highest BCUT2D eigenvalue weighted by atomic mass is 16.6. The zero-order valence-electron chi connectivity index (χ0n) is 42.6. The lowest BCUT2D eigenvalue weighted by Gasteiger charge is -2.18. The van der Waals surface area contributed by atoms with E-state index in [1.807, 2.05) is 0 Å². The molecule has 6 heteroatoms. The average Bonchev–Trinajstić information content (AvgIpc) is 3.29. The van der Waals surface area contributed by atoms with Crippen LogP contribution in [-0.4, -0.2) is 37.2 Å². The number of hydrogen-bond donors (Lipinski definition) is 0. The molecule has 64 heavy (non-hydrogen) atoms. The van der Waals surface area contributed by atoms with E-state index in [1.165, 1.54) is 141 Å². The largest absolute Gasteiger partial charge is 0.462 e. The van der Waals surface area contributed by atoms with Crippen molar-refractivity contribution in [3.8, 4) is 0 Å². The quantitative estimate of drug-likeness (QED) is 0.0262. The molecule has 0 fully saturated rings. The van der Waals surface area contributed by atoms with Crippen LogP contribution in [0.4, 0.5) is 0 Å². The number of hydrogen-bond acceptors (Lipinski definition) is 6. The minimum Gasteiger partial charge on any atom is -0.462 e. The van der Waals surface area contributed by atoms with Crippen LogP contribution < -0.4 is 0 Å². The molecule has 0 aliphatic heterocycles. The van der Waals surface area contributed by atoms with Gasteiger partial charge >= 0.3 is 17.9 Å². The summed E-state index contributed by atoms with van der Waals surface area (Å²) in [6.45, 7) is 6.60. The molecule has 0 aliphatic rings. The molecule has 0 rings (SSSR count). The molecule has 0 aromatic heterocycles. The number of rotatable bonds is 50. The predicted molar refractivity (Wildman–Crippen MR) is 275 cm³/mol. The maximum Gasteiger partial charge on any atom is 0.306 e. The maximum atomic E-state index is 12.8. The van der Waals surface area contributed by atoms with Gasteiger partial charge in [-0.15, -0.1) is 0 Å². The van der Waals surface area contributed by atoms with Crippen LogP contribution in [0.5, 0.6) is 0 Å². The van der Waals surface area contributed by atoms with Gasteiger partial charge in [0.25, 0.3) is 0 Å². The Hall–Kier alpha value is -2.63. The Bertz CT molecular complexity index is 1120. The fourth-order valence-electron chi connectivity index (χ4n) is 7.86. The van der Waals surface area contributed by atoms with Crippen molar-refractivity contribution in [1.82, 2.24) is 0 Å². The van der Waals surface area contributed by atoms with Crippen molar-refractivity contribution in [1.29, 1.82) is 0 Å². The Morgan fingerprint density at radius 1 is 0.312 bits per heavy atom. The summed E-state index contributed by atoms with van der Waals surface area (Å²) >= 11 is 0. The van der Waals surface area contributed by atoms with Crippen molar-refractivity contribution >= 4 is 17.9 Å². The summed E-state index contributed by atoms with van der Waals surface area (Å²) < 4.78 is 16.8. The van der Waals surface area contributed by atoms with Crippen molar-refractivity contribution in [2.24, 2.45) is 0 Å². The van der Waals surface area contributed by atoms with E-state index in [0.717, 1.165) is 103 Å². The molecule has 0 aliphatic carbocycles. The SMILES string of the molecule is CCCCC/C=C\C/C=C\CCCCCCCC(=O)OC(COC(=O)CCCCCCC/C=C\C/C=C\CCCCCC)COC(=O)CCCCCCCCCCCCCCCCC. The zero-order chi connectivity index (χ0) is 46.5. The highest BCUT2D eigenvalue weighted by Gasteiger charge is 2.19. The molecule has 0 aromatic rings. The number of unbranched alkanes of at least 4 members (excludes halogenated alkanes) is 31. The fraction of sp³-hybridized carbons (Fsp3) is 0.810. The van der Waals surface area contributed by atoms with Crippen LogP contribution in [0.2, 0.25) is 0 Å². The van der Waals surface area contributed by atoms with Gasteiger partial charge < -0.3 is 14.2 Å². The van der Waals surface area contributed by atoms with Crippen LogP contribution in [0.15, 0.2) is 48.6 Å². The third kappa shape index (κ3) is 50.4. The van der Waals surface area contributed by atoms with Gasteiger partial charge in [-0.25, -0.2) is 0 Å². The number of carbonyl (C=O) groups is 3.